The van der Waals surface area contributed by atoms with E-state index in [1.165, 1.54) is 0 Å². The zero-order chi connectivity index (χ0) is 15.9. The minimum Gasteiger partial charge on any atom is -0.493 e. The van der Waals surface area contributed by atoms with Gasteiger partial charge in [0, 0.05) is 19.1 Å². The molecule has 22 heavy (non-hydrogen) atoms. The summed E-state index contributed by atoms with van der Waals surface area (Å²) in [5, 5.41) is 8.72. The molecular weight excluding hydrogens is 286 g/mol. The number of carboxylic acids is 1. The molecule has 1 aliphatic rings. The summed E-state index contributed by atoms with van der Waals surface area (Å²) in [6.07, 6.45) is 2.42. The molecule has 1 fully saturated rings. The van der Waals surface area contributed by atoms with Gasteiger partial charge in [0.15, 0.2) is 11.5 Å². The van der Waals surface area contributed by atoms with Crippen LogP contribution in [0.5, 0.6) is 11.5 Å². The lowest BCUT2D eigenvalue weighted by atomic mass is 10.0. The Morgan fingerprint density at radius 2 is 2.32 bits per heavy atom. The number of hydrogen-bond acceptors (Lipinski definition) is 5. The maximum Gasteiger partial charge on any atom is 0.303 e. The normalized spacial score (nSPS) is 19.5. The Hall–Kier alpha value is -1.79. The Labute approximate surface area is 130 Å². The molecule has 2 unspecified atom stereocenters. The quantitative estimate of drug-likeness (QED) is 0.801. The largest absolute Gasteiger partial charge is 0.493 e. The van der Waals surface area contributed by atoms with Crippen molar-refractivity contribution in [2.45, 2.75) is 37.8 Å². The van der Waals surface area contributed by atoms with Crippen LogP contribution in [-0.4, -0.2) is 37.5 Å². The Morgan fingerprint density at radius 1 is 1.50 bits per heavy atom. The van der Waals surface area contributed by atoms with E-state index in [0.717, 1.165) is 25.0 Å². The van der Waals surface area contributed by atoms with Gasteiger partial charge in [0.1, 0.15) is 6.10 Å². The van der Waals surface area contributed by atoms with Gasteiger partial charge in [-0.15, -0.1) is 0 Å². The molecule has 122 valence electrons. The molecule has 1 saturated heterocycles. The molecular formula is C16H23NO5. The van der Waals surface area contributed by atoms with Gasteiger partial charge in [0.25, 0.3) is 0 Å². The molecule has 3 N–H and O–H groups in total. The van der Waals surface area contributed by atoms with Gasteiger partial charge in [-0.1, -0.05) is 6.07 Å². The highest BCUT2D eigenvalue weighted by atomic mass is 16.5. The Balaban J connectivity index is 2.04. The van der Waals surface area contributed by atoms with Gasteiger partial charge in [-0.2, -0.15) is 0 Å². The van der Waals surface area contributed by atoms with Crippen LogP contribution < -0.4 is 15.2 Å². The second-order valence-corrected chi connectivity index (χ2v) is 5.41. The van der Waals surface area contributed by atoms with Crippen molar-refractivity contribution in [1.82, 2.24) is 0 Å². The van der Waals surface area contributed by atoms with Crippen molar-refractivity contribution in [1.29, 1.82) is 0 Å². The molecule has 2 atom stereocenters. The van der Waals surface area contributed by atoms with Crippen LogP contribution >= 0.6 is 0 Å². The van der Waals surface area contributed by atoms with Crippen molar-refractivity contribution in [3.05, 3.63) is 23.8 Å². The van der Waals surface area contributed by atoms with Crippen LogP contribution in [0.2, 0.25) is 0 Å². The predicted molar refractivity (Wildman–Crippen MR) is 81.3 cm³/mol. The highest BCUT2D eigenvalue weighted by Gasteiger charge is 2.18. The van der Waals surface area contributed by atoms with Gasteiger partial charge in [-0.05, 0) is 37.0 Å². The van der Waals surface area contributed by atoms with E-state index in [1.807, 2.05) is 18.2 Å². The molecule has 0 aromatic heterocycles. The number of hydrogen-bond donors (Lipinski definition) is 2. The van der Waals surface area contributed by atoms with E-state index >= 15 is 0 Å². The average Bonchev–Trinajstić information content (AvgIpc) is 2.54. The van der Waals surface area contributed by atoms with Crippen molar-refractivity contribution in [2.24, 2.45) is 5.73 Å². The van der Waals surface area contributed by atoms with E-state index < -0.39 is 5.97 Å². The van der Waals surface area contributed by atoms with Crippen LogP contribution in [0.4, 0.5) is 0 Å². The first-order valence-corrected chi connectivity index (χ1v) is 7.50. The van der Waals surface area contributed by atoms with Crippen LogP contribution in [0.3, 0.4) is 0 Å². The van der Waals surface area contributed by atoms with E-state index in [1.54, 1.807) is 7.11 Å². The molecule has 0 saturated carbocycles. The molecule has 0 radical (unpaired) electrons. The Kier molecular flexibility index (Phi) is 6.03. The number of methoxy groups -OCH3 is 1. The number of carboxylic acid groups (broad SMARTS) is 1. The van der Waals surface area contributed by atoms with Crippen molar-refractivity contribution < 1.29 is 24.1 Å². The summed E-state index contributed by atoms with van der Waals surface area (Å²) in [6.45, 7) is 1.37. The molecule has 0 bridgehead atoms. The summed E-state index contributed by atoms with van der Waals surface area (Å²) in [4.78, 5) is 10.6. The SMILES string of the molecule is COc1cc(C(N)CCC(=O)O)ccc1OC1CCCOC1. The lowest BCUT2D eigenvalue weighted by Crippen LogP contribution is -2.28. The van der Waals surface area contributed by atoms with E-state index in [-0.39, 0.29) is 18.6 Å². The van der Waals surface area contributed by atoms with E-state index in [2.05, 4.69) is 0 Å². The average molecular weight is 309 g/mol. The number of rotatable bonds is 7. The predicted octanol–water partition coefficient (Wildman–Crippen LogP) is 2.12. The maximum atomic E-state index is 10.6. The third kappa shape index (κ3) is 4.61. The Bertz CT molecular complexity index is 499. The van der Waals surface area contributed by atoms with Crippen LogP contribution in [0.15, 0.2) is 18.2 Å². The fourth-order valence-electron chi connectivity index (χ4n) is 2.44. The smallest absolute Gasteiger partial charge is 0.303 e. The minimum absolute atomic E-state index is 0.0363. The third-order valence-corrected chi connectivity index (χ3v) is 3.70. The standard InChI is InChI=1S/C16H23NO5/c1-20-15-9-11(13(17)5-7-16(18)19)4-6-14(15)22-12-3-2-8-21-10-12/h4,6,9,12-13H,2-3,5,7-8,10,17H2,1H3,(H,18,19). The van der Waals surface area contributed by atoms with Crippen molar-refractivity contribution in [2.75, 3.05) is 20.3 Å². The lowest BCUT2D eigenvalue weighted by molar-refractivity contribution is -0.137. The van der Waals surface area contributed by atoms with Gasteiger partial charge in [-0.25, -0.2) is 0 Å². The Morgan fingerprint density at radius 3 is 2.95 bits per heavy atom. The van der Waals surface area contributed by atoms with Crippen LogP contribution in [0, 0.1) is 0 Å². The molecule has 2 rings (SSSR count). The van der Waals surface area contributed by atoms with E-state index in [9.17, 15) is 4.79 Å². The van der Waals surface area contributed by atoms with Crippen molar-refractivity contribution in [3.8, 4) is 11.5 Å². The first-order valence-electron chi connectivity index (χ1n) is 7.50. The van der Waals surface area contributed by atoms with Gasteiger partial charge < -0.3 is 25.1 Å². The molecule has 6 nitrogen and oxygen atoms in total. The molecule has 0 amide bonds. The first kappa shape index (κ1) is 16.6. The summed E-state index contributed by atoms with van der Waals surface area (Å²) in [5.41, 5.74) is 6.86. The van der Waals surface area contributed by atoms with Crippen LogP contribution in [0.1, 0.15) is 37.3 Å². The van der Waals surface area contributed by atoms with Crippen LogP contribution in [-0.2, 0) is 9.53 Å². The molecule has 0 aliphatic carbocycles. The zero-order valence-corrected chi connectivity index (χ0v) is 12.8. The number of nitrogens with two attached hydrogens (primary N) is 1. The number of carbonyl (C=O) groups is 1. The molecule has 6 heteroatoms. The summed E-state index contributed by atoms with van der Waals surface area (Å²) in [5.74, 6) is 0.417. The minimum atomic E-state index is -0.848. The number of benzene rings is 1. The zero-order valence-electron chi connectivity index (χ0n) is 12.8. The van der Waals surface area contributed by atoms with Gasteiger partial charge in [0.05, 0.1) is 13.7 Å². The molecule has 1 aromatic rings. The molecule has 0 spiro atoms. The van der Waals surface area contributed by atoms with E-state index in [0.29, 0.717) is 24.5 Å². The van der Waals surface area contributed by atoms with Crippen molar-refractivity contribution >= 4 is 5.97 Å². The van der Waals surface area contributed by atoms with Crippen molar-refractivity contribution in [3.63, 3.8) is 0 Å². The topological polar surface area (TPSA) is 91.0 Å². The van der Waals surface area contributed by atoms with Gasteiger partial charge in [0.2, 0.25) is 0 Å². The second kappa shape index (κ2) is 8.00. The van der Waals surface area contributed by atoms with Gasteiger partial charge in [-0.3, -0.25) is 4.79 Å². The maximum absolute atomic E-state index is 10.6. The third-order valence-electron chi connectivity index (χ3n) is 3.70. The summed E-state index contributed by atoms with van der Waals surface area (Å²) >= 11 is 0. The fourth-order valence-corrected chi connectivity index (χ4v) is 2.44. The summed E-state index contributed by atoms with van der Waals surface area (Å²) in [7, 11) is 1.58. The number of ether oxygens (including phenoxy) is 3. The van der Waals surface area contributed by atoms with Gasteiger partial charge >= 0.3 is 5.97 Å². The molecule has 1 heterocycles. The fraction of sp³-hybridized carbons (Fsp3) is 0.562. The highest BCUT2D eigenvalue weighted by Crippen LogP contribution is 2.32. The first-order chi connectivity index (χ1) is 10.6. The summed E-state index contributed by atoms with van der Waals surface area (Å²) < 4.78 is 16.7. The summed E-state index contributed by atoms with van der Waals surface area (Å²) in [6, 6.07) is 5.15. The molecule has 1 aliphatic heterocycles. The molecule has 1 aromatic carbocycles. The van der Waals surface area contributed by atoms with E-state index in [4.69, 9.17) is 25.1 Å². The highest BCUT2D eigenvalue weighted by molar-refractivity contribution is 5.66. The monoisotopic (exact) mass is 309 g/mol. The lowest BCUT2D eigenvalue weighted by Gasteiger charge is -2.24. The van der Waals surface area contributed by atoms with Crippen LogP contribution in [0.25, 0.3) is 0 Å². The second-order valence-electron chi connectivity index (χ2n) is 5.41. The number of aliphatic carboxylic acids is 1.